The summed E-state index contributed by atoms with van der Waals surface area (Å²) in [6, 6.07) is 0. The molecule has 254 valence electrons. The van der Waals surface area contributed by atoms with Crippen LogP contribution < -0.4 is 11.5 Å². The van der Waals surface area contributed by atoms with E-state index in [1.165, 1.54) is 88.4 Å². The molecule has 9 heteroatoms. The zero-order valence-corrected chi connectivity index (χ0v) is 27.7. The number of Topliss-reactive ketones (excluding diaryl/α,β-unsaturated/α-hetero) is 1. The van der Waals surface area contributed by atoms with Crippen LogP contribution in [0.3, 0.4) is 0 Å². The molecule has 0 aliphatic carbocycles. The van der Waals surface area contributed by atoms with Crippen LogP contribution in [0.4, 0.5) is 0 Å². The monoisotopic (exact) mass is 614 g/mol. The second-order valence-electron chi connectivity index (χ2n) is 12.8. The van der Waals surface area contributed by atoms with Crippen molar-refractivity contribution in [2.75, 3.05) is 13.1 Å². The molecule has 0 bridgehead atoms. The summed E-state index contributed by atoms with van der Waals surface area (Å²) in [4.78, 5) is 26.9. The second kappa shape index (κ2) is 24.2. The number of ketones is 1. The fraction of sp³-hybridized carbons (Fsp3) is 0.941. The molecule has 0 unspecified atom stereocenters. The number of carbonyl (C=O) groups is 2. The maximum atomic E-state index is 13.5. The molecule has 0 aromatic carbocycles. The van der Waals surface area contributed by atoms with Crippen LogP contribution in [0.2, 0.25) is 0 Å². The molecule has 0 saturated carbocycles. The number of hydrogen-bond acceptors (Lipinski definition) is 8. The standard InChI is InChI=1S/C34H67N3O6/c1-3-5-7-9-11-13-14-15-17-19-21-23-25-37(30(39)24-22-20-18-16-12-10-8-6-4-2)34(36)33(42)32(41)31(40)29(43-34)26-28(38)27-35/h29,31-33,40-42H,3-27,35-36H2,1-2H3/t29-,31-,32+,33+,34+/m1/s1. The molecule has 1 fully saturated rings. The van der Waals surface area contributed by atoms with Crippen molar-refractivity contribution < 1.29 is 29.6 Å². The number of hydrogen-bond donors (Lipinski definition) is 5. The molecule has 0 aromatic rings. The number of rotatable bonds is 27. The van der Waals surface area contributed by atoms with Crippen molar-refractivity contribution in [3.05, 3.63) is 0 Å². The van der Waals surface area contributed by atoms with Gasteiger partial charge in [-0.2, -0.15) is 0 Å². The first-order valence-corrected chi connectivity index (χ1v) is 17.8. The molecule has 0 radical (unpaired) electrons. The predicted molar refractivity (Wildman–Crippen MR) is 173 cm³/mol. The van der Waals surface area contributed by atoms with Crippen molar-refractivity contribution >= 4 is 11.7 Å². The average molecular weight is 614 g/mol. The van der Waals surface area contributed by atoms with Crippen molar-refractivity contribution in [2.24, 2.45) is 11.5 Å². The van der Waals surface area contributed by atoms with Crippen molar-refractivity contribution in [1.29, 1.82) is 0 Å². The largest absolute Gasteiger partial charge is 0.388 e. The molecule has 7 N–H and O–H groups in total. The minimum atomic E-state index is -2.05. The Kier molecular flexibility index (Phi) is 22.4. The summed E-state index contributed by atoms with van der Waals surface area (Å²) in [5.41, 5.74) is 12.0. The zero-order valence-electron chi connectivity index (χ0n) is 27.7. The minimum absolute atomic E-state index is 0.247. The highest BCUT2D eigenvalue weighted by atomic mass is 16.6. The summed E-state index contributed by atoms with van der Waals surface area (Å²) in [7, 11) is 0. The first kappa shape index (κ1) is 39.9. The molecular weight excluding hydrogens is 546 g/mol. The van der Waals surface area contributed by atoms with Crippen LogP contribution in [0.25, 0.3) is 0 Å². The van der Waals surface area contributed by atoms with Gasteiger partial charge in [-0.25, -0.2) is 0 Å². The summed E-state index contributed by atoms with van der Waals surface area (Å²) in [6.07, 6.45) is 18.1. The Balaban J connectivity index is 2.68. The molecule has 1 aliphatic rings. The number of amides is 1. The van der Waals surface area contributed by atoms with E-state index in [-0.39, 0.29) is 37.6 Å². The molecule has 0 aromatic heterocycles. The van der Waals surface area contributed by atoms with E-state index in [9.17, 15) is 24.9 Å². The Morgan fingerprint density at radius 3 is 1.53 bits per heavy atom. The SMILES string of the molecule is CCCCCCCCCCCCCCN(C(=O)CCCCCCCCCCC)[C@]1(N)O[C@H](CC(=O)CN)[C@@H](O)[C@H](O)[C@@H]1O. The van der Waals surface area contributed by atoms with Crippen LogP contribution in [0.15, 0.2) is 0 Å². The lowest BCUT2D eigenvalue weighted by Crippen LogP contribution is -2.76. The lowest BCUT2D eigenvalue weighted by Gasteiger charge is -2.51. The van der Waals surface area contributed by atoms with Gasteiger partial charge in [0.1, 0.15) is 24.1 Å². The van der Waals surface area contributed by atoms with Crippen molar-refractivity contribution in [2.45, 2.75) is 192 Å². The lowest BCUT2D eigenvalue weighted by molar-refractivity contribution is -0.308. The molecule has 9 nitrogen and oxygen atoms in total. The van der Waals surface area contributed by atoms with Crippen LogP contribution in [0.5, 0.6) is 0 Å². The third-order valence-corrected chi connectivity index (χ3v) is 8.93. The molecule has 1 amide bonds. The summed E-state index contributed by atoms with van der Waals surface area (Å²) in [5, 5.41) is 32.1. The molecule has 1 rings (SSSR count). The first-order chi connectivity index (χ1) is 20.7. The normalized spacial score (nSPS) is 23.9. The number of nitrogens with zero attached hydrogens (tertiary/aromatic N) is 1. The quantitative estimate of drug-likeness (QED) is 0.0604. The number of aliphatic hydroxyl groups excluding tert-OH is 3. The van der Waals surface area contributed by atoms with E-state index in [1.807, 2.05) is 0 Å². The van der Waals surface area contributed by atoms with E-state index < -0.39 is 30.3 Å². The maximum absolute atomic E-state index is 13.5. The Bertz CT molecular complexity index is 726. The van der Waals surface area contributed by atoms with Gasteiger partial charge in [0.15, 0.2) is 0 Å². The molecule has 5 atom stereocenters. The van der Waals surface area contributed by atoms with Gasteiger partial charge in [0, 0.05) is 19.4 Å². The van der Waals surface area contributed by atoms with Crippen molar-refractivity contribution in [1.82, 2.24) is 4.90 Å². The average Bonchev–Trinajstić information content (AvgIpc) is 3.00. The molecule has 1 aliphatic heterocycles. The summed E-state index contributed by atoms with van der Waals surface area (Å²) < 4.78 is 5.92. The fourth-order valence-electron chi connectivity index (χ4n) is 6.05. The summed E-state index contributed by atoms with van der Waals surface area (Å²) >= 11 is 0. The van der Waals surface area contributed by atoms with E-state index in [0.29, 0.717) is 12.8 Å². The van der Waals surface area contributed by atoms with E-state index in [4.69, 9.17) is 16.2 Å². The highest BCUT2D eigenvalue weighted by Crippen LogP contribution is 2.32. The Labute approximate surface area is 262 Å². The first-order valence-electron chi connectivity index (χ1n) is 17.8. The molecule has 1 heterocycles. The van der Waals surface area contributed by atoms with Gasteiger partial charge >= 0.3 is 0 Å². The van der Waals surface area contributed by atoms with Gasteiger partial charge in [-0.15, -0.1) is 0 Å². The third kappa shape index (κ3) is 15.6. The minimum Gasteiger partial charge on any atom is -0.388 e. The van der Waals surface area contributed by atoms with E-state index >= 15 is 0 Å². The Hall–Kier alpha value is -1.10. The summed E-state index contributed by atoms with van der Waals surface area (Å²) in [6.45, 7) is 4.47. The smallest absolute Gasteiger partial charge is 0.227 e. The lowest BCUT2D eigenvalue weighted by atomic mass is 9.91. The Morgan fingerprint density at radius 1 is 0.674 bits per heavy atom. The summed E-state index contributed by atoms with van der Waals surface area (Å²) in [5.74, 6) is -2.67. The van der Waals surface area contributed by atoms with E-state index in [1.54, 1.807) is 0 Å². The highest BCUT2D eigenvalue weighted by Gasteiger charge is 2.55. The molecular formula is C34H67N3O6. The number of aliphatic hydroxyl groups is 3. The number of ether oxygens (including phenoxy) is 1. The molecule has 0 spiro atoms. The second-order valence-corrected chi connectivity index (χ2v) is 12.8. The number of unbranched alkanes of at least 4 members (excludes halogenated alkanes) is 19. The van der Waals surface area contributed by atoms with Crippen LogP contribution >= 0.6 is 0 Å². The predicted octanol–water partition coefficient (Wildman–Crippen LogP) is 5.45. The van der Waals surface area contributed by atoms with Gasteiger partial charge in [-0.05, 0) is 12.8 Å². The number of nitrogens with two attached hydrogens (primary N) is 2. The third-order valence-electron chi connectivity index (χ3n) is 8.93. The van der Waals surface area contributed by atoms with Crippen LogP contribution in [-0.4, -0.2) is 75.3 Å². The van der Waals surface area contributed by atoms with Crippen molar-refractivity contribution in [3.63, 3.8) is 0 Å². The zero-order chi connectivity index (χ0) is 31.9. The molecule has 43 heavy (non-hydrogen) atoms. The number of carbonyl (C=O) groups excluding carboxylic acids is 2. The fourth-order valence-corrected chi connectivity index (χ4v) is 6.05. The van der Waals surface area contributed by atoms with E-state index in [2.05, 4.69) is 13.8 Å². The van der Waals surface area contributed by atoms with E-state index in [0.717, 1.165) is 38.5 Å². The van der Waals surface area contributed by atoms with Gasteiger partial charge < -0.3 is 25.8 Å². The van der Waals surface area contributed by atoms with Gasteiger partial charge in [0.2, 0.25) is 11.8 Å². The molecule has 1 saturated heterocycles. The Morgan fingerprint density at radius 2 is 1.09 bits per heavy atom. The highest BCUT2D eigenvalue weighted by molar-refractivity contribution is 5.80. The van der Waals surface area contributed by atoms with Gasteiger partial charge in [-0.3, -0.25) is 20.2 Å². The topological polar surface area (TPSA) is 159 Å². The van der Waals surface area contributed by atoms with Crippen LogP contribution in [0, 0.1) is 0 Å². The van der Waals surface area contributed by atoms with Crippen LogP contribution in [-0.2, 0) is 14.3 Å². The van der Waals surface area contributed by atoms with Crippen LogP contribution in [0.1, 0.15) is 162 Å². The van der Waals surface area contributed by atoms with Crippen molar-refractivity contribution in [3.8, 4) is 0 Å². The van der Waals surface area contributed by atoms with Gasteiger partial charge in [0.25, 0.3) is 0 Å². The van der Waals surface area contributed by atoms with Gasteiger partial charge in [-0.1, -0.05) is 136 Å². The maximum Gasteiger partial charge on any atom is 0.227 e. The van der Waals surface area contributed by atoms with Gasteiger partial charge in [0.05, 0.1) is 12.6 Å².